The van der Waals surface area contributed by atoms with Gasteiger partial charge in [-0.2, -0.15) is 0 Å². The number of carbonyl (C=O) groups excluding carboxylic acids is 2. The molecule has 0 radical (unpaired) electrons. The number of amides is 2. The Morgan fingerprint density at radius 2 is 1.71 bits per heavy atom. The van der Waals surface area contributed by atoms with Gasteiger partial charge in [-0.3, -0.25) is 13.9 Å². The monoisotopic (exact) mass is 525 g/mol. The summed E-state index contributed by atoms with van der Waals surface area (Å²) >= 11 is 12.0. The molecule has 184 valence electrons. The number of hydrogen-bond donors (Lipinski definition) is 1. The van der Waals surface area contributed by atoms with Gasteiger partial charge in [0.05, 0.1) is 11.9 Å². The Hall–Kier alpha value is -2.29. The van der Waals surface area contributed by atoms with Crippen molar-refractivity contribution in [1.82, 2.24) is 10.2 Å². The second-order valence-electron chi connectivity index (χ2n) is 8.56. The first-order valence-corrected chi connectivity index (χ1v) is 13.7. The van der Waals surface area contributed by atoms with Crippen molar-refractivity contribution in [2.45, 2.75) is 51.2 Å². The molecule has 1 N–H and O–H groups in total. The summed E-state index contributed by atoms with van der Waals surface area (Å²) in [5, 5.41) is 3.93. The fourth-order valence-electron chi connectivity index (χ4n) is 4.01. The van der Waals surface area contributed by atoms with Gasteiger partial charge in [-0.15, -0.1) is 0 Å². The van der Waals surface area contributed by atoms with E-state index in [1.807, 2.05) is 0 Å². The summed E-state index contributed by atoms with van der Waals surface area (Å²) in [5.74, 6) is -0.766. The highest BCUT2D eigenvalue weighted by Crippen LogP contribution is 2.23. The molecule has 2 amide bonds. The fourth-order valence-corrected chi connectivity index (χ4v) is 5.16. The molecule has 1 aliphatic carbocycles. The molecular weight excluding hydrogens is 497 g/mol. The maximum absolute atomic E-state index is 13.5. The van der Waals surface area contributed by atoms with E-state index >= 15 is 0 Å². The molecule has 10 heteroatoms. The van der Waals surface area contributed by atoms with E-state index in [2.05, 4.69) is 5.32 Å². The summed E-state index contributed by atoms with van der Waals surface area (Å²) in [5.41, 5.74) is 1.05. The van der Waals surface area contributed by atoms with Gasteiger partial charge in [-0.25, -0.2) is 8.42 Å². The summed E-state index contributed by atoms with van der Waals surface area (Å²) in [6.07, 6.45) is 4.99. The second kappa shape index (κ2) is 11.4. The Balaban J connectivity index is 1.87. The van der Waals surface area contributed by atoms with E-state index in [-0.39, 0.29) is 24.2 Å². The van der Waals surface area contributed by atoms with Gasteiger partial charge in [0.1, 0.15) is 12.6 Å². The Kier molecular flexibility index (Phi) is 8.84. The third-order valence-corrected chi connectivity index (χ3v) is 7.54. The van der Waals surface area contributed by atoms with Gasteiger partial charge in [-0.1, -0.05) is 54.2 Å². The molecule has 2 aromatic rings. The topological polar surface area (TPSA) is 86.8 Å². The summed E-state index contributed by atoms with van der Waals surface area (Å²) in [7, 11) is -3.80. The van der Waals surface area contributed by atoms with Crippen molar-refractivity contribution in [3.8, 4) is 0 Å². The van der Waals surface area contributed by atoms with Crippen molar-refractivity contribution in [1.29, 1.82) is 0 Å². The molecule has 0 aromatic heterocycles. The molecule has 0 unspecified atom stereocenters. The molecule has 1 aliphatic rings. The van der Waals surface area contributed by atoms with Crippen molar-refractivity contribution in [2.75, 3.05) is 17.1 Å². The average molecular weight is 526 g/mol. The lowest BCUT2D eigenvalue weighted by molar-refractivity contribution is -0.139. The highest BCUT2D eigenvalue weighted by atomic mass is 35.5. The van der Waals surface area contributed by atoms with Crippen molar-refractivity contribution in [3.05, 3.63) is 64.1 Å². The average Bonchev–Trinajstić information content (AvgIpc) is 3.28. The number of carbonyl (C=O) groups is 2. The number of halogens is 2. The van der Waals surface area contributed by atoms with E-state index in [1.54, 1.807) is 49.4 Å². The molecule has 0 bridgehead atoms. The predicted octanol–water partition coefficient (Wildman–Crippen LogP) is 4.24. The van der Waals surface area contributed by atoms with E-state index in [4.69, 9.17) is 23.2 Å². The zero-order valence-electron chi connectivity index (χ0n) is 19.2. The second-order valence-corrected chi connectivity index (χ2v) is 11.3. The van der Waals surface area contributed by atoms with Crippen LogP contribution in [0.15, 0.2) is 48.5 Å². The van der Waals surface area contributed by atoms with Crippen LogP contribution in [0, 0.1) is 0 Å². The van der Waals surface area contributed by atoms with Crippen molar-refractivity contribution >= 4 is 50.7 Å². The van der Waals surface area contributed by atoms with Gasteiger partial charge in [0.25, 0.3) is 0 Å². The number of hydrogen-bond acceptors (Lipinski definition) is 4. The Morgan fingerprint density at radius 1 is 1.06 bits per heavy atom. The Bertz CT molecular complexity index is 1120. The van der Waals surface area contributed by atoms with Crippen LogP contribution in [-0.2, 0) is 26.2 Å². The lowest BCUT2D eigenvalue weighted by Crippen LogP contribution is -2.52. The van der Waals surface area contributed by atoms with E-state index in [9.17, 15) is 18.0 Å². The molecule has 0 aliphatic heterocycles. The van der Waals surface area contributed by atoms with Gasteiger partial charge >= 0.3 is 0 Å². The smallest absolute Gasteiger partial charge is 0.244 e. The van der Waals surface area contributed by atoms with Crippen molar-refractivity contribution in [2.24, 2.45) is 0 Å². The van der Waals surface area contributed by atoms with Crippen LogP contribution >= 0.6 is 23.2 Å². The molecule has 2 aromatic carbocycles. The molecule has 0 saturated heterocycles. The number of rotatable bonds is 9. The molecule has 1 atom stereocenters. The van der Waals surface area contributed by atoms with Crippen LogP contribution < -0.4 is 9.62 Å². The maximum atomic E-state index is 13.5. The lowest BCUT2D eigenvalue weighted by atomic mass is 10.1. The number of nitrogens with zero attached hydrogens (tertiary/aromatic N) is 2. The number of benzene rings is 2. The highest BCUT2D eigenvalue weighted by molar-refractivity contribution is 7.92. The quantitative estimate of drug-likeness (QED) is 0.530. The van der Waals surface area contributed by atoms with E-state index < -0.39 is 28.5 Å². The molecule has 3 rings (SSSR count). The van der Waals surface area contributed by atoms with Crippen LogP contribution in [0.4, 0.5) is 5.69 Å². The fraction of sp³-hybridized carbons (Fsp3) is 0.417. The normalized spacial score (nSPS) is 15.1. The zero-order valence-corrected chi connectivity index (χ0v) is 21.5. The van der Waals surface area contributed by atoms with Crippen LogP contribution in [0.25, 0.3) is 0 Å². The molecule has 1 fully saturated rings. The standard InChI is InChI=1S/C24H29Cl2N3O4S/c1-17(24(31)27-21-7-3-4-8-21)28(15-18-10-12-19(25)13-11-18)23(30)16-29(34(2,32)33)22-9-5-6-20(26)14-22/h5-6,9-14,17,21H,3-4,7-8,15-16H2,1-2H3,(H,27,31)/t17-/m1/s1. The first kappa shape index (κ1) is 26.3. The minimum Gasteiger partial charge on any atom is -0.352 e. The summed E-state index contributed by atoms with van der Waals surface area (Å²) in [6, 6.07) is 12.5. The van der Waals surface area contributed by atoms with Crippen LogP contribution in [-0.4, -0.2) is 50.0 Å². The first-order chi connectivity index (χ1) is 16.0. The van der Waals surface area contributed by atoms with Crippen LogP contribution in [0.1, 0.15) is 38.2 Å². The van der Waals surface area contributed by atoms with Crippen LogP contribution in [0.5, 0.6) is 0 Å². The van der Waals surface area contributed by atoms with Crippen LogP contribution in [0.2, 0.25) is 10.0 Å². The van der Waals surface area contributed by atoms with Crippen LogP contribution in [0.3, 0.4) is 0 Å². The minimum atomic E-state index is -3.80. The first-order valence-electron chi connectivity index (χ1n) is 11.1. The summed E-state index contributed by atoms with van der Waals surface area (Å²) in [4.78, 5) is 27.9. The molecule has 1 saturated carbocycles. The van der Waals surface area contributed by atoms with E-state index in [0.29, 0.717) is 10.0 Å². The third-order valence-electron chi connectivity index (χ3n) is 5.91. The van der Waals surface area contributed by atoms with E-state index in [0.717, 1.165) is 41.8 Å². The molecule has 34 heavy (non-hydrogen) atoms. The van der Waals surface area contributed by atoms with Crippen molar-refractivity contribution in [3.63, 3.8) is 0 Å². The van der Waals surface area contributed by atoms with Gasteiger partial charge in [-0.05, 0) is 55.7 Å². The van der Waals surface area contributed by atoms with Crippen molar-refractivity contribution < 1.29 is 18.0 Å². The summed E-state index contributed by atoms with van der Waals surface area (Å²) < 4.78 is 26.1. The predicted molar refractivity (Wildman–Crippen MR) is 136 cm³/mol. The molecule has 7 nitrogen and oxygen atoms in total. The zero-order chi connectivity index (χ0) is 24.9. The number of sulfonamides is 1. The summed E-state index contributed by atoms with van der Waals surface area (Å²) in [6.45, 7) is 1.32. The molecule has 0 heterocycles. The molecule has 0 spiro atoms. The van der Waals surface area contributed by atoms with Gasteiger partial charge in [0, 0.05) is 22.6 Å². The SMILES string of the molecule is C[C@H](C(=O)NC1CCCC1)N(Cc1ccc(Cl)cc1)C(=O)CN(c1cccc(Cl)c1)S(C)(=O)=O. The minimum absolute atomic E-state index is 0.0985. The Labute approximate surface area is 211 Å². The molecular formula is C24H29Cl2N3O4S. The third kappa shape index (κ3) is 7.10. The number of anilines is 1. The van der Waals surface area contributed by atoms with Gasteiger partial charge < -0.3 is 10.2 Å². The highest BCUT2D eigenvalue weighted by Gasteiger charge is 2.31. The van der Waals surface area contributed by atoms with E-state index in [1.165, 1.54) is 11.0 Å². The number of nitrogens with one attached hydrogen (secondary N) is 1. The van der Waals surface area contributed by atoms with Gasteiger partial charge in [0.15, 0.2) is 0 Å². The largest absolute Gasteiger partial charge is 0.352 e. The Morgan fingerprint density at radius 3 is 2.29 bits per heavy atom. The lowest BCUT2D eigenvalue weighted by Gasteiger charge is -2.32. The maximum Gasteiger partial charge on any atom is 0.244 e. The van der Waals surface area contributed by atoms with Gasteiger partial charge in [0.2, 0.25) is 21.8 Å².